The van der Waals surface area contributed by atoms with E-state index in [1.54, 1.807) is 42.5 Å². The number of carbonyl (C=O) groups excluding carboxylic acids is 3. The average molecular weight is 447 g/mol. The Labute approximate surface area is 192 Å². The van der Waals surface area contributed by atoms with Crippen LogP contribution in [0.15, 0.2) is 72.8 Å². The standard InChI is InChI=1S/C26H26N2O5/c1-18-12-14-21(15-13-18)32-16-6-11-25(30)27-23-9-3-4-10-24(23)28-26(31)20-7-5-8-22(17-20)33-19(2)29/h3-5,7-10,12-15,17H,6,11,16H2,1-2H3,(H,27,30)(H,28,31). The molecule has 0 radical (unpaired) electrons. The van der Waals surface area contributed by atoms with E-state index in [-0.39, 0.29) is 18.1 Å². The zero-order chi connectivity index (χ0) is 23.6. The highest BCUT2D eigenvalue weighted by Crippen LogP contribution is 2.23. The molecule has 0 bridgehead atoms. The lowest BCUT2D eigenvalue weighted by atomic mass is 10.2. The van der Waals surface area contributed by atoms with Gasteiger partial charge in [0, 0.05) is 18.9 Å². The summed E-state index contributed by atoms with van der Waals surface area (Å²) in [6.07, 6.45) is 0.829. The van der Waals surface area contributed by atoms with E-state index >= 15 is 0 Å². The van der Waals surface area contributed by atoms with Crippen molar-refractivity contribution >= 4 is 29.2 Å². The fourth-order valence-corrected chi connectivity index (χ4v) is 3.03. The number of ether oxygens (including phenoxy) is 2. The Bertz CT molecular complexity index is 1130. The summed E-state index contributed by atoms with van der Waals surface area (Å²) >= 11 is 0. The first kappa shape index (κ1) is 23.5. The molecular weight excluding hydrogens is 420 g/mol. The molecule has 0 spiro atoms. The Morgan fingerprint density at radius 3 is 2.21 bits per heavy atom. The molecule has 170 valence electrons. The molecule has 2 amide bonds. The number of aryl methyl sites for hydroxylation is 1. The van der Waals surface area contributed by atoms with Crippen LogP contribution in [0, 0.1) is 6.92 Å². The molecule has 0 aliphatic rings. The van der Waals surface area contributed by atoms with Crippen molar-refractivity contribution in [2.45, 2.75) is 26.7 Å². The number of nitrogens with one attached hydrogen (secondary N) is 2. The first-order valence-corrected chi connectivity index (χ1v) is 10.6. The monoisotopic (exact) mass is 446 g/mol. The quantitative estimate of drug-likeness (QED) is 0.275. The average Bonchev–Trinajstić information content (AvgIpc) is 2.79. The largest absolute Gasteiger partial charge is 0.494 e. The molecule has 0 aromatic heterocycles. The summed E-state index contributed by atoms with van der Waals surface area (Å²) in [7, 11) is 0. The van der Waals surface area contributed by atoms with Gasteiger partial charge in [-0.3, -0.25) is 14.4 Å². The van der Waals surface area contributed by atoms with Gasteiger partial charge in [-0.05, 0) is 55.8 Å². The molecular formula is C26H26N2O5. The SMILES string of the molecule is CC(=O)Oc1cccc(C(=O)Nc2ccccc2NC(=O)CCCOc2ccc(C)cc2)c1. The number of rotatable bonds is 9. The smallest absolute Gasteiger partial charge is 0.308 e. The molecule has 0 atom stereocenters. The number of carbonyl (C=O) groups is 3. The summed E-state index contributed by atoms with van der Waals surface area (Å²) < 4.78 is 10.7. The van der Waals surface area contributed by atoms with Crippen LogP contribution in [0.5, 0.6) is 11.5 Å². The maximum Gasteiger partial charge on any atom is 0.308 e. The predicted octanol–water partition coefficient (Wildman–Crippen LogP) is 4.97. The maximum absolute atomic E-state index is 12.7. The normalized spacial score (nSPS) is 10.2. The minimum atomic E-state index is -0.468. The van der Waals surface area contributed by atoms with Crippen LogP contribution >= 0.6 is 0 Å². The van der Waals surface area contributed by atoms with Gasteiger partial charge in [0.2, 0.25) is 5.91 Å². The second-order valence-corrected chi connectivity index (χ2v) is 7.43. The third-order valence-corrected chi connectivity index (χ3v) is 4.65. The molecule has 0 aliphatic heterocycles. The first-order valence-electron chi connectivity index (χ1n) is 10.6. The molecule has 33 heavy (non-hydrogen) atoms. The molecule has 0 saturated heterocycles. The maximum atomic E-state index is 12.7. The minimum absolute atomic E-state index is 0.180. The summed E-state index contributed by atoms with van der Waals surface area (Å²) in [6, 6.07) is 21.0. The second kappa shape index (κ2) is 11.5. The highest BCUT2D eigenvalue weighted by molar-refractivity contribution is 6.07. The number of amides is 2. The van der Waals surface area contributed by atoms with Crippen molar-refractivity contribution in [3.8, 4) is 11.5 Å². The molecule has 3 aromatic rings. The van der Waals surface area contributed by atoms with E-state index in [0.29, 0.717) is 30.0 Å². The van der Waals surface area contributed by atoms with E-state index < -0.39 is 11.9 Å². The minimum Gasteiger partial charge on any atom is -0.494 e. The Morgan fingerprint density at radius 2 is 1.52 bits per heavy atom. The van der Waals surface area contributed by atoms with Gasteiger partial charge in [-0.1, -0.05) is 35.9 Å². The van der Waals surface area contributed by atoms with E-state index in [2.05, 4.69) is 10.6 Å². The fourth-order valence-electron chi connectivity index (χ4n) is 3.03. The van der Waals surface area contributed by atoms with E-state index in [4.69, 9.17) is 9.47 Å². The van der Waals surface area contributed by atoms with Crippen LogP contribution in [0.1, 0.15) is 35.7 Å². The van der Waals surface area contributed by atoms with Gasteiger partial charge >= 0.3 is 5.97 Å². The highest BCUT2D eigenvalue weighted by Gasteiger charge is 2.12. The Morgan fingerprint density at radius 1 is 0.818 bits per heavy atom. The summed E-state index contributed by atoms with van der Waals surface area (Å²) in [5.74, 6) is 0.0135. The van der Waals surface area contributed by atoms with Gasteiger partial charge in [-0.15, -0.1) is 0 Å². The second-order valence-electron chi connectivity index (χ2n) is 7.43. The Kier molecular flexibility index (Phi) is 8.18. The number of esters is 1. The third-order valence-electron chi connectivity index (χ3n) is 4.65. The van der Waals surface area contributed by atoms with Crippen LogP contribution in [0.3, 0.4) is 0 Å². The van der Waals surface area contributed by atoms with E-state index in [1.165, 1.54) is 13.0 Å². The molecule has 2 N–H and O–H groups in total. The molecule has 3 rings (SSSR count). The van der Waals surface area contributed by atoms with Crippen molar-refractivity contribution in [3.63, 3.8) is 0 Å². The molecule has 0 saturated carbocycles. The number of benzene rings is 3. The van der Waals surface area contributed by atoms with E-state index in [1.807, 2.05) is 31.2 Å². The molecule has 7 nitrogen and oxygen atoms in total. The zero-order valence-corrected chi connectivity index (χ0v) is 18.6. The van der Waals surface area contributed by atoms with Crippen molar-refractivity contribution in [1.82, 2.24) is 0 Å². The Hall–Kier alpha value is -4.13. The lowest BCUT2D eigenvalue weighted by Gasteiger charge is -2.13. The van der Waals surface area contributed by atoms with Gasteiger partial charge in [-0.25, -0.2) is 0 Å². The Balaban J connectivity index is 1.54. The first-order chi connectivity index (χ1) is 15.9. The van der Waals surface area contributed by atoms with Gasteiger partial charge in [-0.2, -0.15) is 0 Å². The number of para-hydroxylation sites is 2. The molecule has 3 aromatic carbocycles. The summed E-state index contributed by atoms with van der Waals surface area (Å²) in [6.45, 7) is 3.72. The number of hydrogen-bond donors (Lipinski definition) is 2. The molecule has 0 aliphatic carbocycles. The van der Waals surface area contributed by atoms with E-state index in [0.717, 1.165) is 11.3 Å². The number of hydrogen-bond acceptors (Lipinski definition) is 5. The van der Waals surface area contributed by atoms with Crippen molar-refractivity contribution in [2.75, 3.05) is 17.2 Å². The topological polar surface area (TPSA) is 93.7 Å². The highest BCUT2D eigenvalue weighted by atomic mass is 16.5. The van der Waals surface area contributed by atoms with Gasteiger partial charge in [0.05, 0.1) is 18.0 Å². The molecule has 0 heterocycles. The number of anilines is 2. The van der Waals surface area contributed by atoms with Crippen LogP contribution in [-0.2, 0) is 9.59 Å². The lowest BCUT2D eigenvalue weighted by molar-refractivity contribution is -0.131. The van der Waals surface area contributed by atoms with Gasteiger partial charge in [0.25, 0.3) is 5.91 Å². The van der Waals surface area contributed by atoms with E-state index in [9.17, 15) is 14.4 Å². The molecule has 0 fully saturated rings. The van der Waals surface area contributed by atoms with Crippen molar-refractivity contribution < 1.29 is 23.9 Å². The van der Waals surface area contributed by atoms with Crippen molar-refractivity contribution in [3.05, 3.63) is 83.9 Å². The summed E-state index contributed by atoms with van der Waals surface area (Å²) in [5.41, 5.74) is 2.43. The molecule has 7 heteroatoms. The van der Waals surface area contributed by atoms with Crippen LogP contribution < -0.4 is 20.1 Å². The van der Waals surface area contributed by atoms with Gasteiger partial charge < -0.3 is 20.1 Å². The fraction of sp³-hybridized carbons (Fsp3) is 0.192. The van der Waals surface area contributed by atoms with Crippen LogP contribution in [-0.4, -0.2) is 24.4 Å². The van der Waals surface area contributed by atoms with Crippen LogP contribution in [0.2, 0.25) is 0 Å². The van der Waals surface area contributed by atoms with Gasteiger partial charge in [0.15, 0.2) is 0 Å². The summed E-state index contributed by atoms with van der Waals surface area (Å²) in [5, 5.41) is 5.62. The predicted molar refractivity (Wildman–Crippen MR) is 127 cm³/mol. The zero-order valence-electron chi connectivity index (χ0n) is 18.6. The molecule has 0 unspecified atom stereocenters. The lowest BCUT2D eigenvalue weighted by Crippen LogP contribution is -2.17. The van der Waals surface area contributed by atoms with Crippen molar-refractivity contribution in [2.24, 2.45) is 0 Å². The van der Waals surface area contributed by atoms with Gasteiger partial charge in [0.1, 0.15) is 11.5 Å². The summed E-state index contributed by atoms with van der Waals surface area (Å²) in [4.78, 5) is 36.2. The van der Waals surface area contributed by atoms with Crippen LogP contribution in [0.4, 0.5) is 11.4 Å². The van der Waals surface area contributed by atoms with Crippen LogP contribution in [0.25, 0.3) is 0 Å². The van der Waals surface area contributed by atoms with Crippen molar-refractivity contribution in [1.29, 1.82) is 0 Å². The third kappa shape index (κ3) is 7.50.